The van der Waals surface area contributed by atoms with Crippen LogP contribution in [-0.4, -0.2) is 238 Å². The van der Waals surface area contributed by atoms with Crippen LogP contribution in [-0.2, 0) is 52.7 Å². The molecule has 0 unspecified atom stereocenters. The van der Waals surface area contributed by atoms with Gasteiger partial charge >= 0.3 is 0 Å². The summed E-state index contributed by atoms with van der Waals surface area (Å²) in [5, 5.41) is 33.9. The summed E-state index contributed by atoms with van der Waals surface area (Å²) in [6.45, 7) is 28.1. The minimum atomic E-state index is -1.64. The van der Waals surface area contributed by atoms with Gasteiger partial charge in [0.05, 0.1) is 18.8 Å². The number of allylic oxidation sites excluding steroid dienone is 2. The van der Waals surface area contributed by atoms with Crippen LogP contribution in [0, 0.1) is 35.0 Å². The number of hydrogen-bond donors (Lipinski definition) is 6. The quantitative estimate of drug-likeness (QED) is 0.144. The molecule has 1 saturated heterocycles. The van der Waals surface area contributed by atoms with Crippen molar-refractivity contribution < 1.29 is 63.0 Å². The van der Waals surface area contributed by atoms with Gasteiger partial charge in [0.2, 0.25) is 65.0 Å². The molecule has 0 aromatic carbocycles. The van der Waals surface area contributed by atoms with Gasteiger partial charge in [-0.25, -0.2) is 0 Å². The lowest BCUT2D eigenvalue weighted by molar-refractivity contribution is -0.157. The normalized spacial score (nSPS) is 27.4. The highest BCUT2D eigenvalue weighted by Crippen LogP contribution is 2.26. The predicted molar refractivity (Wildman–Crippen MR) is 325 cm³/mol. The Bertz CT molecular complexity index is 2350. The molecule has 0 aromatic heterocycles. The number of carbonyl (C=O) groups is 11. The molecule has 486 valence electrons. The Labute approximate surface area is 507 Å². The SMILES string of the molecule is C/C=C/C[C@@H](C)[C@@H](O)[C@H]1C(=O)N[C@@H](CC)C(=O)N(C)CC(=O)N(C)[C@@H]([C@@H](C)O)C(=O)N[C@@H](C(C)(C)C)C(=O)N(C)[C@@H](C)C(=O)N[C@@H](CC(C)C)C(=O)N[C@H](C)C(=O)N(C)[C@@H](CC(C)C)C(=O)N(C)[C@H](CC(C)C)C(=O)N(C)[C@@H](C(C)C)C(=O)N1C. The van der Waals surface area contributed by atoms with Gasteiger partial charge in [0.15, 0.2) is 0 Å². The van der Waals surface area contributed by atoms with Crippen LogP contribution in [0.4, 0.5) is 0 Å². The van der Waals surface area contributed by atoms with Gasteiger partial charge in [-0.1, -0.05) is 102 Å². The summed E-state index contributed by atoms with van der Waals surface area (Å²) in [6, 6.07) is -13.2. The van der Waals surface area contributed by atoms with Crippen LogP contribution in [0.3, 0.4) is 0 Å². The van der Waals surface area contributed by atoms with Crippen molar-refractivity contribution in [2.24, 2.45) is 35.0 Å². The van der Waals surface area contributed by atoms with Gasteiger partial charge in [-0.3, -0.25) is 52.7 Å². The minimum Gasteiger partial charge on any atom is -0.391 e. The smallest absolute Gasteiger partial charge is 0.246 e. The molecule has 0 aliphatic carbocycles. The minimum absolute atomic E-state index is 0.0208. The van der Waals surface area contributed by atoms with Gasteiger partial charge in [0.25, 0.3) is 0 Å². The number of nitrogens with one attached hydrogen (secondary N) is 4. The first-order valence-electron chi connectivity index (χ1n) is 30.1. The predicted octanol–water partition coefficient (Wildman–Crippen LogP) is 1.99. The first-order valence-corrected chi connectivity index (χ1v) is 30.1. The summed E-state index contributed by atoms with van der Waals surface area (Å²) in [5.41, 5.74) is -1.03. The van der Waals surface area contributed by atoms with Gasteiger partial charge in [-0.2, -0.15) is 0 Å². The lowest BCUT2D eigenvalue weighted by atomic mass is 9.85. The van der Waals surface area contributed by atoms with Crippen molar-refractivity contribution in [3.63, 3.8) is 0 Å². The van der Waals surface area contributed by atoms with E-state index in [2.05, 4.69) is 21.3 Å². The van der Waals surface area contributed by atoms with E-state index in [4.69, 9.17) is 0 Å². The highest BCUT2D eigenvalue weighted by molar-refractivity contribution is 5.99. The zero-order valence-electron chi connectivity index (χ0n) is 55.7. The number of aliphatic hydroxyl groups excluding tert-OH is 2. The van der Waals surface area contributed by atoms with Gasteiger partial charge in [-0.15, -0.1) is 0 Å². The third-order valence-electron chi connectivity index (χ3n) is 16.0. The summed E-state index contributed by atoms with van der Waals surface area (Å²) >= 11 is 0. The van der Waals surface area contributed by atoms with Crippen LogP contribution >= 0.6 is 0 Å². The van der Waals surface area contributed by atoms with Crippen LogP contribution in [0.15, 0.2) is 12.2 Å². The standard InChI is InChI=1S/C61H109N11O13/c1-25-27-28-37(11)49(75)48-54(79)63-41(26-2)56(81)66(18)32-45(74)70(22)47(40(14)73)53(78)65-50(61(15,16)17)60(85)67(19)39(13)51(76)64-42(29-33(3)4)52(77)62-38(12)55(80)68(20)43(30-34(5)6)57(82)69(21)44(31-35(7)8)58(83)71(23)46(36(9)10)59(84)72(48)24/h25,27,33-44,46-50,73,75H,26,28-32H2,1-24H3,(H,62,77)(H,63,79)(H,64,76)(H,65,78)/b27-25+/t37-,38-,39+,40-,41+,42+,43+,44-,46+,47+,48+,49-,50-/m1/s1. The second-order valence-electron chi connectivity index (χ2n) is 26.2. The number of amides is 11. The van der Waals surface area contributed by atoms with Crippen LogP contribution in [0.2, 0.25) is 0 Å². The van der Waals surface area contributed by atoms with E-state index in [0.29, 0.717) is 6.42 Å². The molecule has 13 atom stereocenters. The monoisotopic (exact) mass is 1200 g/mol. The summed E-state index contributed by atoms with van der Waals surface area (Å²) in [7, 11) is 9.53. The second-order valence-corrected chi connectivity index (χ2v) is 26.2. The van der Waals surface area contributed by atoms with Crippen molar-refractivity contribution >= 4 is 65.0 Å². The van der Waals surface area contributed by atoms with Crippen molar-refractivity contribution in [1.29, 1.82) is 0 Å². The van der Waals surface area contributed by atoms with E-state index in [9.17, 15) is 53.4 Å². The molecule has 0 bridgehead atoms. The molecule has 0 spiro atoms. The molecule has 0 aromatic rings. The molecular formula is C61H109N11O13. The maximum atomic E-state index is 15.1. The average Bonchev–Trinajstić information content (AvgIpc) is 3.26. The number of rotatable bonds is 13. The molecule has 11 amide bonds. The zero-order chi connectivity index (χ0) is 66.2. The van der Waals surface area contributed by atoms with Gasteiger partial charge in [0, 0.05) is 49.3 Å². The number of aliphatic hydroxyl groups is 2. The lowest BCUT2D eigenvalue weighted by Gasteiger charge is -2.41. The Balaban J connectivity index is 4.34. The molecule has 1 aliphatic heterocycles. The maximum absolute atomic E-state index is 15.1. The van der Waals surface area contributed by atoms with Crippen LogP contribution in [0.25, 0.3) is 0 Å². The van der Waals surface area contributed by atoms with E-state index in [1.54, 1.807) is 67.5 Å². The van der Waals surface area contributed by atoms with Crippen molar-refractivity contribution in [2.45, 2.75) is 222 Å². The molecule has 24 heteroatoms. The fourth-order valence-corrected chi connectivity index (χ4v) is 10.5. The zero-order valence-corrected chi connectivity index (χ0v) is 55.7. The number of carbonyl (C=O) groups excluding carboxylic acids is 11. The maximum Gasteiger partial charge on any atom is 0.246 e. The molecule has 85 heavy (non-hydrogen) atoms. The van der Waals surface area contributed by atoms with Crippen molar-refractivity contribution in [3.05, 3.63) is 12.2 Å². The molecule has 6 N–H and O–H groups in total. The Morgan fingerprint density at radius 2 is 0.976 bits per heavy atom. The first-order chi connectivity index (χ1) is 39.0. The van der Waals surface area contributed by atoms with Crippen molar-refractivity contribution in [1.82, 2.24) is 55.6 Å². The molecule has 1 fully saturated rings. The van der Waals surface area contributed by atoms with Crippen molar-refractivity contribution in [3.8, 4) is 0 Å². The topological polar surface area (TPSA) is 299 Å². The molecular weight excluding hydrogens is 1090 g/mol. The molecule has 1 heterocycles. The van der Waals surface area contributed by atoms with Crippen LogP contribution < -0.4 is 21.3 Å². The molecule has 24 nitrogen and oxygen atoms in total. The Morgan fingerprint density at radius 1 is 0.518 bits per heavy atom. The van der Waals surface area contributed by atoms with Gasteiger partial charge in [-0.05, 0) is 94.8 Å². The fourth-order valence-electron chi connectivity index (χ4n) is 10.5. The van der Waals surface area contributed by atoms with E-state index < -0.39 is 161 Å². The Kier molecular flexibility index (Phi) is 30.4. The Morgan fingerprint density at radius 3 is 1.42 bits per heavy atom. The molecule has 1 aliphatic rings. The number of nitrogens with zero attached hydrogens (tertiary/aromatic N) is 7. The molecule has 0 saturated carbocycles. The van der Waals surface area contributed by atoms with E-state index in [0.717, 1.165) is 19.6 Å². The van der Waals surface area contributed by atoms with E-state index in [1.165, 1.54) is 84.8 Å². The summed E-state index contributed by atoms with van der Waals surface area (Å²) in [5.74, 6) is -9.94. The van der Waals surface area contributed by atoms with Gasteiger partial charge < -0.3 is 65.8 Å². The van der Waals surface area contributed by atoms with Crippen molar-refractivity contribution in [2.75, 3.05) is 55.9 Å². The molecule has 0 radical (unpaired) electrons. The third kappa shape index (κ3) is 21.0. The number of likely N-dealkylation sites (N-methyl/N-ethyl adjacent to an activating group) is 7. The van der Waals surface area contributed by atoms with Crippen LogP contribution in [0.5, 0.6) is 0 Å². The highest BCUT2D eigenvalue weighted by Gasteiger charge is 2.46. The third-order valence-corrected chi connectivity index (χ3v) is 16.0. The largest absolute Gasteiger partial charge is 0.391 e. The fraction of sp³-hybridized carbons (Fsp3) is 0.787. The first kappa shape index (κ1) is 76.8. The van der Waals surface area contributed by atoms with E-state index in [1.807, 2.05) is 41.5 Å². The number of hydrogen-bond acceptors (Lipinski definition) is 13. The average molecular weight is 1200 g/mol. The summed E-state index contributed by atoms with van der Waals surface area (Å²) < 4.78 is 0. The lowest BCUT2D eigenvalue weighted by Crippen LogP contribution is -2.63. The molecule has 1 rings (SSSR count). The summed E-state index contributed by atoms with van der Waals surface area (Å²) in [4.78, 5) is 168. The van der Waals surface area contributed by atoms with Gasteiger partial charge in [0.1, 0.15) is 60.4 Å². The second kappa shape index (κ2) is 33.7. The Hall–Kier alpha value is -6.17. The van der Waals surface area contributed by atoms with E-state index in [-0.39, 0.29) is 43.4 Å². The van der Waals surface area contributed by atoms with Crippen LogP contribution in [0.1, 0.15) is 150 Å². The van der Waals surface area contributed by atoms with E-state index >= 15 is 9.59 Å². The summed E-state index contributed by atoms with van der Waals surface area (Å²) in [6.07, 6.45) is 1.17. The highest BCUT2D eigenvalue weighted by atomic mass is 16.3.